The lowest BCUT2D eigenvalue weighted by Gasteiger charge is -2.05. The first-order valence-corrected chi connectivity index (χ1v) is 6.04. The largest absolute Gasteiger partial charge is 0.467 e. The summed E-state index contributed by atoms with van der Waals surface area (Å²) in [5, 5.41) is 7.62. The van der Waals surface area contributed by atoms with E-state index in [1.807, 2.05) is 0 Å². The Balaban J connectivity index is 2.45. The van der Waals surface area contributed by atoms with Gasteiger partial charge in [0, 0.05) is 0 Å². The molecule has 0 N–H and O–H groups in total. The molecule has 2 aromatic heterocycles. The highest BCUT2D eigenvalue weighted by atomic mass is 16.5. The Bertz CT molecular complexity index is 634. The van der Waals surface area contributed by atoms with Crippen molar-refractivity contribution in [2.75, 3.05) is 20.8 Å². The summed E-state index contributed by atoms with van der Waals surface area (Å²) in [6.45, 7) is 3.60. The third kappa shape index (κ3) is 2.88. The number of carbonyl (C=O) groups excluding carboxylic acids is 1. The number of methoxy groups -OCH3 is 2. The number of rotatable bonds is 5. The predicted octanol–water partition coefficient (Wildman–Crippen LogP) is -0.0454. The highest BCUT2D eigenvalue weighted by molar-refractivity contribution is 5.88. The molecule has 0 saturated carbocycles. The summed E-state index contributed by atoms with van der Waals surface area (Å²) < 4.78 is 16.1. The fourth-order valence-electron chi connectivity index (χ4n) is 1.51. The smallest absolute Gasteiger partial charge is 0.360 e. The lowest BCUT2D eigenvalue weighted by Crippen LogP contribution is -2.10. The molecule has 0 bridgehead atoms. The monoisotopic (exact) mass is 294 g/mol. The van der Waals surface area contributed by atoms with E-state index < -0.39 is 5.97 Å². The minimum Gasteiger partial charge on any atom is -0.467 e. The number of esters is 1. The SMILES string of the molecule is CCOC(=O)c1nnn(-c2nc(OC)nc(OC)n2)c1C. The molecule has 0 aromatic carbocycles. The zero-order valence-corrected chi connectivity index (χ0v) is 12.0. The van der Waals surface area contributed by atoms with Gasteiger partial charge >= 0.3 is 18.0 Å². The molecule has 2 heterocycles. The van der Waals surface area contributed by atoms with Crippen molar-refractivity contribution < 1.29 is 19.0 Å². The Hall–Kier alpha value is -2.78. The van der Waals surface area contributed by atoms with Crippen molar-refractivity contribution in [1.82, 2.24) is 29.9 Å². The molecule has 0 aliphatic carbocycles. The molecule has 10 heteroatoms. The molecule has 0 fully saturated rings. The number of nitrogens with zero attached hydrogens (tertiary/aromatic N) is 6. The van der Waals surface area contributed by atoms with E-state index in [0.29, 0.717) is 5.69 Å². The third-order valence-electron chi connectivity index (χ3n) is 2.50. The summed E-state index contributed by atoms with van der Waals surface area (Å²) in [7, 11) is 2.83. The number of hydrogen-bond donors (Lipinski definition) is 0. The number of ether oxygens (including phenoxy) is 3. The highest BCUT2D eigenvalue weighted by Crippen LogP contribution is 2.14. The lowest BCUT2D eigenvalue weighted by molar-refractivity contribution is 0.0518. The normalized spacial score (nSPS) is 10.3. The number of hydrogen-bond acceptors (Lipinski definition) is 9. The van der Waals surface area contributed by atoms with Crippen LogP contribution >= 0.6 is 0 Å². The van der Waals surface area contributed by atoms with Crippen LogP contribution in [0.15, 0.2) is 0 Å². The molecule has 112 valence electrons. The fraction of sp³-hybridized carbons (Fsp3) is 0.455. The molecule has 0 spiro atoms. The van der Waals surface area contributed by atoms with E-state index >= 15 is 0 Å². The maximum absolute atomic E-state index is 11.7. The standard InChI is InChI=1S/C11H14N6O4/c1-5-21-8(18)7-6(2)17(16-15-7)9-12-10(19-3)14-11(13-9)20-4/h5H2,1-4H3. The minimum absolute atomic E-state index is 0.0597. The average molecular weight is 294 g/mol. The van der Waals surface area contributed by atoms with Gasteiger partial charge in [-0.25, -0.2) is 4.79 Å². The number of carbonyl (C=O) groups is 1. The minimum atomic E-state index is -0.561. The molecule has 0 saturated heterocycles. The molecular formula is C11H14N6O4. The maximum Gasteiger partial charge on any atom is 0.360 e. The first-order valence-electron chi connectivity index (χ1n) is 6.04. The lowest BCUT2D eigenvalue weighted by atomic mass is 10.3. The van der Waals surface area contributed by atoms with Gasteiger partial charge < -0.3 is 14.2 Å². The third-order valence-corrected chi connectivity index (χ3v) is 2.50. The van der Waals surface area contributed by atoms with Gasteiger partial charge in [-0.2, -0.15) is 14.6 Å². The molecule has 0 amide bonds. The zero-order chi connectivity index (χ0) is 15.4. The second kappa shape index (κ2) is 6.11. The van der Waals surface area contributed by atoms with E-state index in [-0.39, 0.29) is 30.3 Å². The molecule has 10 nitrogen and oxygen atoms in total. The van der Waals surface area contributed by atoms with Crippen LogP contribution in [-0.4, -0.2) is 56.7 Å². The summed E-state index contributed by atoms with van der Waals surface area (Å²) in [4.78, 5) is 23.7. The van der Waals surface area contributed by atoms with Gasteiger partial charge in [0.2, 0.25) is 0 Å². The van der Waals surface area contributed by atoms with Crippen LogP contribution in [0.1, 0.15) is 23.1 Å². The first-order chi connectivity index (χ1) is 10.1. The van der Waals surface area contributed by atoms with Gasteiger partial charge in [-0.15, -0.1) is 10.1 Å². The van der Waals surface area contributed by atoms with E-state index in [1.54, 1.807) is 13.8 Å². The maximum atomic E-state index is 11.7. The van der Waals surface area contributed by atoms with E-state index in [9.17, 15) is 4.79 Å². The van der Waals surface area contributed by atoms with Gasteiger partial charge in [0.1, 0.15) is 0 Å². The Labute approximate surface area is 120 Å². The summed E-state index contributed by atoms with van der Waals surface area (Å²) in [6, 6.07) is 0.119. The summed E-state index contributed by atoms with van der Waals surface area (Å²) in [5.41, 5.74) is 0.527. The van der Waals surface area contributed by atoms with E-state index in [1.165, 1.54) is 18.9 Å². The Morgan fingerprint density at radius 1 is 1.14 bits per heavy atom. The van der Waals surface area contributed by atoms with Crippen LogP contribution in [0.3, 0.4) is 0 Å². The van der Waals surface area contributed by atoms with Crippen LogP contribution in [-0.2, 0) is 4.74 Å². The van der Waals surface area contributed by atoms with Crippen molar-refractivity contribution in [3.63, 3.8) is 0 Å². The molecule has 0 atom stereocenters. The van der Waals surface area contributed by atoms with Gasteiger partial charge in [0.05, 0.1) is 26.5 Å². The zero-order valence-electron chi connectivity index (χ0n) is 12.0. The molecule has 0 aliphatic heterocycles. The van der Waals surface area contributed by atoms with E-state index in [4.69, 9.17) is 14.2 Å². The van der Waals surface area contributed by atoms with Gasteiger partial charge in [-0.1, -0.05) is 5.21 Å². The molecule has 2 aromatic rings. The average Bonchev–Trinajstić information content (AvgIpc) is 2.88. The predicted molar refractivity (Wildman–Crippen MR) is 68.5 cm³/mol. The van der Waals surface area contributed by atoms with Gasteiger partial charge in [-0.3, -0.25) is 0 Å². The molecule has 21 heavy (non-hydrogen) atoms. The fourth-order valence-corrected chi connectivity index (χ4v) is 1.51. The van der Waals surface area contributed by atoms with Crippen LogP contribution in [0.2, 0.25) is 0 Å². The molecule has 0 aliphatic rings. The Morgan fingerprint density at radius 3 is 2.29 bits per heavy atom. The second-order valence-electron chi connectivity index (χ2n) is 3.76. The Morgan fingerprint density at radius 2 is 1.76 bits per heavy atom. The van der Waals surface area contributed by atoms with Crippen molar-refractivity contribution in [3.8, 4) is 18.0 Å². The van der Waals surface area contributed by atoms with Crippen LogP contribution in [0.25, 0.3) is 5.95 Å². The molecule has 0 unspecified atom stereocenters. The summed E-state index contributed by atoms with van der Waals surface area (Å²) >= 11 is 0. The van der Waals surface area contributed by atoms with Crippen molar-refractivity contribution in [3.05, 3.63) is 11.4 Å². The van der Waals surface area contributed by atoms with Gasteiger partial charge in [0.15, 0.2) is 5.69 Å². The quantitative estimate of drug-likeness (QED) is 0.700. The van der Waals surface area contributed by atoms with Crippen LogP contribution < -0.4 is 9.47 Å². The second-order valence-corrected chi connectivity index (χ2v) is 3.76. The summed E-state index contributed by atoms with van der Waals surface area (Å²) in [5.74, 6) is -0.437. The van der Waals surface area contributed by atoms with E-state index in [0.717, 1.165) is 0 Å². The molecule has 0 radical (unpaired) electrons. The van der Waals surface area contributed by atoms with E-state index in [2.05, 4.69) is 25.3 Å². The van der Waals surface area contributed by atoms with Crippen molar-refractivity contribution >= 4 is 5.97 Å². The van der Waals surface area contributed by atoms with Crippen molar-refractivity contribution in [1.29, 1.82) is 0 Å². The van der Waals surface area contributed by atoms with Crippen LogP contribution in [0.4, 0.5) is 0 Å². The summed E-state index contributed by atoms with van der Waals surface area (Å²) in [6.07, 6.45) is 0. The Kier molecular flexibility index (Phi) is 4.26. The first kappa shape index (κ1) is 14.6. The van der Waals surface area contributed by atoms with Crippen molar-refractivity contribution in [2.24, 2.45) is 0 Å². The van der Waals surface area contributed by atoms with Crippen LogP contribution in [0, 0.1) is 6.92 Å². The van der Waals surface area contributed by atoms with Crippen molar-refractivity contribution in [2.45, 2.75) is 13.8 Å². The topological polar surface area (TPSA) is 114 Å². The van der Waals surface area contributed by atoms with Crippen LogP contribution in [0.5, 0.6) is 12.0 Å². The highest BCUT2D eigenvalue weighted by Gasteiger charge is 2.20. The molecular weight excluding hydrogens is 280 g/mol. The van der Waals surface area contributed by atoms with Gasteiger partial charge in [0.25, 0.3) is 5.95 Å². The van der Waals surface area contributed by atoms with Gasteiger partial charge in [-0.05, 0) is 13.8 Å². The molecule has 2 rings (SSSR count). The number of aromatic nitrogens is 6.